The summed E-state index contributed by atoms with van der Waals surface area (Å²) in [5.41, 5.74) is 7.58. The fourth-order valence-electron chi connectivity index (χ4n) is 1.70. The Labute approximate surface area is 117 Å². The topological polar surface area (TPSA) is 44.5 Å². The maximum atomic E-state index is 5.90. The average molecular weight is 278 g/mol. The van der Waals surface area contributed by atoms with E-state index in [1.165, 1.54) is 5.56 Å². The van der Waals surface area contributed by atoms with E-state index >= 15 is 0 Å². The Morgan fingerprint density at radius 1 is 1.11 bits per heavy atom. The normalized spacial score (nSPS) is 10.2. The first-order valence-corrected chi connectivity index (χ1v) is 6.37. The zero-order valence-corrected chi connectivity index (χ0v) is 11.5. The highest BCUT2D eigenvalue weighted by molar-refractivity contribution is 6.30. The summed E-state index contributed by atoms with van der Waals surface area (Å²) < 4.78 is 10.7. The standard InChI is InChI=1S/C15H16ClNO2/c1-18-13-5-2-11(3-6-13)8-9-19-15-10-12(16)4-7-14(15)17/h2-7,10H,8-9,17H2,1H3. The molecule has 19 heavy (non-hydrogen) atoms. The Balaban J connectivity index is 1.90. The summed E-state index contributed by atoms with van der Waals surface area (Å²) in [4.78, 5) is 0. The highest BCUT2D eigenvalue weighted by Gasteiger charge is 2.02. The van der Waals surface area contributed by atoms with E-state index < -0.39 is 0 Å². The van der Waals surface area contributed by atoms with E-state index in [1.54, 1.807) is 25.3 Å². The van der Waals surface area contributed by atoms with E-state index in [1.807, 2.05) is 24.3 Å². The van der Waals surface area contributed by atoms with E-state index in [4.69, 9.17) is 26.8 Å². The van der Waals surface area contributed by atoms with Gasteiger partial charge in [0.25, 0.3) is 0 Å². The minimum atomic E-state index is 0.552. The van der Waals surface area contributed by atoms with Gasteiger partial charge in [0, 0.05) is 17.5 Å². The summed E-state index contributed by atoms with van der Waals surface area (Å²) in [5.74, 6) is 1.48. The number of rotatable bonds is 5. The molecule has 100 valence electrons. The molecule has 2 aromatic carbocycles. The Kier molecular flexibility index (Phi) is 4.53. The second-order valence-electron chi connectivity index (χ2n) is 4.13. The van der Waals surface area contributed by atoms with E-state index in [0.717, 1.165) is 12.2 Å². The lowest BCUT2D eigenvalue weighted by atomic mass is 10.1. The molecule has 0 aliphatic heterocycles. The molecule has 0 saturated heterocycles. The molecule has 4 heteroatoms. The highest BCUT2D eigenvalue weighted by atomic mass is 35.5. The molecule has 0 saturated carbocycles. The molecule has 0 aliphatic rings. The second kappa shape index (κ2) is 6.34. The Morgan fingerprint density at radius 3 is 2.53 bits per heavy atom. The van der Waals surface area contributed by atoms with Crippen molar-refractivity contribution in [3.63, 3.8) is 0 Å². The van der Waals surface area contributed by atoms with Crippen molar-refractivity contribution in [1.82, 2.24) is 0 Å². The van der Waals surface area contributed by atoms with Crippen molar-refractivity contribution in [2.45, 2.75) is 6.42 Å². The second-order valence-corrected chi connectivity index (χ2v) is 4.57. The number of hydrogen-bond donors (Lipinski definition) is 1. The zero-order chi connectivity index (χ0) is 13.7. The third-order valence-corrected chi connectivity index (χ3v) is 3.02. The van der Waals surface area contributed by atoms with Gasteiger partial charge in [-0.25, -0.2) is 0 Å². The van der Waals surface area contributed by atoms with Gasteiger partial charge in [-0.3, -0.25) is 0 Å². The van der Waals surface area contributed by atoms with Gasteiger partial charge in [-0.1, -0.05) is 23.7 Å². The SMILES string of the molecule is COc1ccc(CCOc2cc(Cl)ccc2N)cc1. The van der Waals surface area contributed by atoms with E-state index in [-0.39, 0.29) is 0 Å². The van der Waals surface area contributed by atoms with Crippen LogP contribution in [0.25, 0.3) is 0 Å². The molecular formula is C15H16ClNO2. The van der Waals surface area contributed by atoms with Gasteiger partial charge in [-0.2, -0.15) is 0 Å². The summed E-state index contributed by atoms with van der Waals surface area (Å²) in [7, 11) is 1.65. The largest absolute Gasteiger partial charge is 0.497 e. The molecule has 0 atom stereocenters. The molecule has 0 spiro atoms. The van der Waals surface area contributed by atoms with Crippen LogP contribution in [0.15, 0.2) is 42.5 Å². The monoisotopic (exact) mass is 277 g/mol. The predicted octanol–water partition coefficient (Wildman–Crippen LogP) is 3.55. The van der Waals surface area contributed by atoms with Gasteiger partial charge in [0.05, 0.1) is 19.4 Å². The van der Waals surface area contributed by atoms with Crippen LogP contribution in [0.1, 0.15) is 5.56 Å². The molecule has 0 aliphatic carbocycles. The lowest BCUT2D eigenvalue weighted by molar-refractivity contribution is 0.323. The van der Waals surface area contributed by atoms with Crippen LogP contribution in [-0.4, -0.2) is 13.7 Å². The van der Waals surface area contributed by atoms with Gasteiger partial charge in [0.15, 0.2) is 0 Å². The Morgan fingerprint density at radius 2 is 1.84 bits per heavy atom. The minimum absolute atomic E-state index is 0.552. The fourth-order valence-corrected chi connectivity index (χ4v) is 1.87. The van der Waals surface area contributed by atoms with Crippen LogP contribution in [0.4, 0.5) is 5.69 Å². The number of ether oxygens (including phenoxy) is 2. The Bertz CT molecular complexity index is 540. The lowest BCUT2D eigenvalue weighted by Crippen LogP contribution is -2.03. The average Bonchev–Trinajstić information content (AvgIpc) is 2.43. The first-order chi connectivity index (χ1) is 9.19. The minimum Gasteiger partial charge on any atom is -0.497 e. The number of nitrogens with two attached hydrogens (primary N) is 1. The smallest absolute Gasteiger partial charge is 0.143 e. The third kappa shape index (κ3) is 3.80. The van der Waals surface area contributed by atoms with Gasteiger partial charge in [-0.05, 0) is 29.8 Å². The molecule has 2 aromatic rings. The number of hydrogen-bond acceptors (Lipinski definition) is 3. The highest BCUT2D eigenvalue weighted by Crippen LogP contribution is 2.25. The summed E-state index contributed by atoms with van der Waals surface area (Å²) in [5, 5.41) is 0.619. The fraction of sp³-hybridized carbons (Fsp3) is 0.200. The van der Waals surface area contributed by atoms with Crippen molar-refractivity contribution in [3.05, 3.63) is 53.1 Å². The van der Waals surface area contributed by atoms with Crippen LogP contribution in [-0.2, 0) is 6.42 Å². The summed E-state index contributed by atoms with van der Waals surface area (Å²) in [6, 6.07) is 13.1. The van der Waals surface area contributed by atoms with Crippen LogP contribution in [0, 0.1) is 0 Å². The van der Waals surface area contributed by atoms with Crippen LogP contribution in [0.2, 0.25) is 5.02 Å². The molecule has 0 amide bonds. The zero-order valence-electron chi connectivity index (χ0n) is 10.7. The number of anilines is 1. The molecule has 0 radical (unpaired) electrons. The van der Waals surface area contributed by atoms with Crippen LogP contribution >= 0.6 is 11.6 Å². The van der Waals surface area contributed by atoms with Gasteiger partial charge in [0.1, 0.15) is 11.5 Å². The van der Waals surface area contributed by atoms with E-state index in [2.05, 4.69) is 0 Å². The molecular weight excluding hydrogens is 262 g/mol. The van der Waals surface area contributed by atoms with Gasteiger partial charge >= 0.3 is 0 Å². The maximum Gasteiger partial charge on any atom is 0.143 e. The first-order valence-electron chi connectivity index (χ1n) is 6.00. The van der Waals surface area contributed by atoms with Crippen molar-refractivity contribution in [3.8, 4) is 11.5 Å². The van der Waals surface area contributed by atoms with Gasteiger partial charge in [-0.15, -0.1) is 0 Å². The van der Waals surface area contributed by atoms with Crippen molar-refractivity contribution < 1.29 is 9.47 Å². The van der Waals surface area contributed by atoms with Crippen molar-refractivity contribution in [2.24, 2.45) is 0 Å². The summed E-state index contributed by atoms with van der Waals surface area (Å²) in [6.07, 6.45) is 0.802. The molecule has 0 bridgehead atoms. The van der Waals surface area contributed by atoms with Crippen molar-refractivity contribution in [2.75, 3.05) is 19.5 Å². The Hall–Kier alpha value is -1.87. The molecule has 0 aromatic heterocycles. The van der Waals surface area contributed by atoms with Crippen LogP contribution in [0.5, 0.6) is 11.5 Å². The number of methoxy groups -OCH3 is 1. The number of halogens is 1. The van der Waals surface area contributed by atoms with Gasteiger partial charge < -0.3 is 15.2 Å². The number of nitrogen functional groups attached to an aromatic ring is 1. The molecule has 0 fully saturated rings. The van der Waals surface area contributed by atoms with Crippen LogP contribution < -0.4 is 15.2 Å². The predicted molar refractivity (Wildman–Crippen MR) is 78.1 cm³/mol. The maximum absolute atomic E-state index is 5.90. The van der Waals surface area contributed by atoms with Gasteiger partial charge in [0.2, 0.25) is 0 Å². The van der Waals surface area contributed by atoms with Crippen molar-refractivity contribution >= 4 is 17.3 Å². The van der Waals surface area contributed by atoms with Crippen LogP contribution in [0.3, 0.4) is 0 Å². The summed E-state index contributed by atoms with van der Waals surface area (Å²) in [6.45, 7) is 0.552. The summed E-state index contributed by atoms with van der Waals surface area (Å²) >= 11 is 5.90. The lowest BCUT2D eigenvalue weighted by Gasteiger charge is -2.09. The van der Waals surface area contributed by atoms with E-state index in [0.29, 0.717) is 23.1 Å². The molecule has 0 unspecified atom stereocenters. The quantitative estimate of drug-likeness (QED) is 0.850. The molecule has 0 heterocycles. The molecule has 2 rings (SSSR count). The number of benzene rings is 2. The molecule has 3 nitrogen and oxygen atoms in total. The molecule has 2 N–H and O–H groups in total. The third-order valence-electron chi connectivity index (χ3n) is 2.78. The van der Waals surface area contributed by atoms with E-state index in [9.17, 15) is 0 Å². The first kappa shape index (κ1) is 13.6. The van der Waals surface area contributed by atoms with Crippen molar-refractivity contribution in [1.29, 1.82) is 0 Å².